The highest BCUT2D eigenvalue weighted by Crippen LogP contribution is 2.22. The second kappa shape index (κ2) is 7.63. The van der Waals surface area contributed by atoms with E-state index < -0.39 is 0 Å². The molecule has 4 rings (SSSR count). The summed E-state index contributed by atoms with van der Waals surface area (Å²) < 4.78 is 17.2. The summed E-state index contributed by atoms with van der Waals surface area (Å²) in [5.74, 6) is 0.215. The molecule has 0 aliphatic rings. The normalized spacial score (nSPS) is 11.1. The zero-order chi connectivity index (χ0) is 18.8. The van der Waals surface area contributed by atoms with Crippen LogP contribution in [0.4, 0.5) is 15.3 Å². The molecule has 0 aliphatic heterocycles. The van der Waals surface area contributed by atoms with Gasteiger partial charge in [-0.25, -0.2) is 4.39 Å². The lowest BCUT2D eigenvalue weighted by Gasteiger charge is -2.05. The van der Waals surface area contributed by atoms with Crippen molar-refractivity contribution < 1.29 is 4.39 Å². The minimum Gasteiger partial charge on any atom is -0.313 e. The minimum atomic E-state index is -0.361. The maximum absolute atomic E-state index is 13.9. The van der Waals surface area contributed by atoms with Gasteiger partial charge in [-0.2, -0.15) is 10.2 Å². The largest absolute Gasteiger partial charge is 0.313 e. The van der Waals surface area contributed by atoms with E-state index in [0.717, 1.165) is 5.01 Å². The van der Waals surface area contributed by atoms with E-state index in [0.29, 0.717) is 33.1 Å². The highest BCUT2D eigenvalue weighted by molar-refractivity contribution is 7.15. The fourth-order valence-electron chi connectivity index (χ4n) is 2.40. The summed E-state index contributed by atoms with van der Waals surface area (Å²) in [7, 11) is 0. The van der Waals surface area contributed by atoms with E-state index in [1.165, 1.54) is 17.4 Å². The standard InChI is InChI=1S/C16H12Cl2FN7S/c17-10-6-20-26(7-10)9-15-22-23-16(27-15)21-14-4-5-25(24-14)8-11-12(18)2-1-3-13(11)19/h1-7H,8-9H2,(H,21,23,24). The highest BCUT2D eigenvalue weighted by Gasteiger charge is 2.10. The molecule has 0 saturated heterocycles. The van der Waals surface area contributed by atoms with Gasteiger partial charge >= 0.3 is 0 Å². The van der Waals surface area contributed by atoms with Gasteiger partial charge in [-0.05, 0) is 12.1 Å². The van der Waals surface area contributed by atoms with Gasteiger partial charge in [-0.3, -0.25) is 9.36 Å². The molecule has 4 aromatic rings. The van der Waals surface area contributed by atoms with Crippen molar-refractivity contribution in [2.24, 2.45) is 0 Å². The Morgan fingerprint density at radius 3 is 2.78 bits per heavy atom. The maximum Gasteiger partial charge on any atom is 0.211 e. The third-order valence-electron chi connectivity index (χ3n) is 3.62. The van der Waals surface area contributed by atoms with E-state index in [9.17, 15) is 4.39 Å². The van der Waals surface area contributed by atoms with Crippen LogP contribution in [0.15, 0.2) is 42.9 Å². The third kappa shape index (κ3) is 4.26. The van der Waals surface area contributed by atoms with Crippen LogP contribution >= 0.6 is 34.5 Å². The molecule has 0 aliphatic carbocycles. The number of anilines is 2. The van der Waals surface area contributed by atoms with Gasteiger partial charge in [0, 0.05) is 29.0 Å². The number of halogens is 3. The van der Waals surface area contributed by atoms with E-state index in [-0.39, 0.29) is 12.4 Å². The molecule has 138 valence electrons. The van der Waals surface area contributed by atoms with Gasteiger partial charge in [0.1, 0.15) is 10.8 Å². The Kier molecular flexibility index (Phi) is 5.06. The zero-order valence-electron chi connectivity index (χ0n) is 13.7. The van der Waals surface area contributed by atoms with Crippen molar-refractivity contribution in [1.29, 1.82) is 0 Å². The lowest BCUT2D eigenvalue weighted by molar-refractivity contribution is 0.586. The van der Waals surface area contributed by atoms with Crippen molar-refractivity contribution in [2.45, 2.75) is 13.1 Å². The van der Waals surface area contributed by atoms with Gasteiger partial charge in [-0.15, -0.1) is 10.2 Å². The summed E-state index contributed by atoms with van der Waals surface area (Å²) in [4.78, 5) is 0. The molecular formula is C16H12Cl2FN7S. The van der Waals surface area contributed by atoms with E-state index in [1.807, 2.05) is 0 Å². The summed E-state index contributed by atoms with van der Waals surface area (Å²) in [6.07, 6.45) is 5.01. The summed E-state index contributed by atoms with van der Waals surface area (Å²) in [5, 5.41) is 22.1. The van der Waals surface area contributed by atoms with Crippen LogP contribution in [0.5, 0.6) is 0 Å². The lowest BCUT2D eigenvalue weighted by atomic mass is 10.2. The van der Waals surface area contributed by atoms with Crippen molar-refractivity contribution in [2.75, 3.05) is 5.32 Å². The molecular weight excluding hydrogens is 412 g/mol. The molecule has 11 heteroatoms. The van der Waals surface area contributed by atoms with Crippen LogP contribution in [-0.2, 0) is 13.1 Å². The summed E-state index contributed by atoms with van der Waals surface area (Å²) in [6, 6.07) is 6.36. The molecule has 0 saturated carbocycles. The Labute approximate surface area is 167 Å². The van der Waals surface area contributed by atoms with E-state index in [1.54, 1.807) is 46.2 Å². The van der Waals surface area contributed by atoms with Crippen molar-refractivity contribution in [3.63, 3.8) is 0 Å². The molecule has 0 spiro atoms. The van der Waals surface area contributed by atoms with Gasteiger partial charge in [-0.1, -0.05) is 40.6 Å². The van der Waals surface area contributed by atoms with Crippen LogP contribution in [0.2, 0.25) is 10.0 Å². The van der Waals surface area contributed by atoms with Crippen LogP contribution in [0, 0.1) is 5.82 Å². The molecule has 0 unspecified atom stereocenters. The first-order valence-electron chi connectivity index (χ1n) is 7.80. The molecule has 1 N–H and O–H groups in total. The molecule has 7 nitrogen and oxygen atoms in total. The quantitative estimate of drug-likeness (QED) is 0.502. The van der Waals surface area contributed by atoms with E-state index in [4.69, 9.17) is 23.2 Å². The smallest absolute Gasteiger partial charge is 0.211 e. The van der Waals surface area contributed by atoms with Gasteiger partial charge in [0.15, 0.2) is 5.82 Å². The third-order valence-corrected chi connectivity index (χ3v) is 5.00. The fourth-order valence-corrected chi connectivity index (χ4v) is 3.52. The molecule has 3 heterocycles. The SMILES string of the molecule is Fc1cccc(Cl)c1Cn1ccc(Nc2nnc(Cn3cc(Cl)cn3)s2)n1. The Morgan fingerprint density at radius 2 is 2.00 bits per heavy atom. The van der Waals surface area contributed by atoms with Gasteiger partial charge in [0.05, 0.1) is 24.3 Å². The van der Waals surface area contributed by atoms with Crippen LogP contribution in [0.1, 0.15) is 10.6 Å². The Hall–Kier alpha value is -2.49. The number of benzene rings is 1. The Bertz CT molecular complexity index is 1050. The van der Waals surface area contributed by atoms with Crippen molar-refractivity contribution in [3.05, 3.63) is 69.3 Å². The number of rotatable bonds is 6. The van der Waals surface area contributed by atoms with Gasteiger partial charge in [0.25, 0.3) is 0 Å². The zero-order valence-corrected chi connectivity index (χ0v) is 16.0. The maximum atomic E-state index is 13.9. The average Bonchev–Trinajstić information content (AvgIpc) is 3.35. The molecule has 3 aromatic heterocycles. The van der Waals surface area contributed by atoms with Crippen molar-refractivity contribution in [3.8, 4) is 0 Å². The Morgan fingerprint density at radius 1 is 1.11 bits per heavy atom. The topological polar surface area (TPSA) is 73.5 Å². The van der Waals surface area contributed by atoms with Crippen LogP contribution in [-0.4, -0.2) is 29.8 Å². The van der Waals surface area contributed by atoms with Gasteiger partial charge < -0.3 is 5.32 Å². The van der Waals surface area contributed by atoms with Crippen molar-refractivity contribution in [1.82, 2.24) is 29.8 Å². The molecule has 0 amide bonds. The number of nitrogens with zero attached hydrogens (tertiary/aromatic N) is 6. The second-order valence-electron chi connectivity index (χ2n) is 5.58. The molecule has 0 bridgehead atoms. The van der Waals surface area contributed by atoms with Crippen LogP contribution < -0.4 is 5.32 Å². The first-order valence-corrected chi connectivity index (χ1v) is 9.38. The van der Waals surface area contributed by atoms with Crippen LogP contribution in [0.25, 0.3) is 0 Å². The lowest BCUT2D eigenvalue weighted by Crippen LogP contribution is -2.04. The monoisotopic (exact) mass is 423 g/mol. The fraction of sp³-hybridized carbons (Fsp3) is 0.125. The highest BCUT2D eigenvalue weighted by atomic mass is 35.5. The van der Waals surface area contributed by atoms with E-state index >= 15 is 0 Å². The van der Waals surface area contributed by atoms with Crippen molar-refractivity contribution >= 4 is 45.5 Å². The predicted octanol–water partition coefficient (Wildman–Crippen LogP) is 4.22. The predicted molar refractivity (Wildman–Crippen MR) is 102 cm³/mol. The number of hydrogen-bond donors (Lipinski definition) is 1. The Balaban J connectivity index is 1.42. The number of hydrogen-bond acceptors (Lipinski definition) is 6. The molecule has 0 fully saturated rings. The minimum absolute atomic E-state index is 0.231. The molecule has 0 radical (unpaired) electrons. The first-order chi connectivity index (χ1) is 13.1. The number of aromatic nitrogens is 6. The summed E-state index contributed by atoms with van der Waals surface area (Å²) >= 11 is 13.3. The molecule has 0 atom stereocenters. The molecule has 1 aromatic carbocycles. The summed E-state index contributed by atoms with van der Waals surface area (Å²) in [6.45, 7) is 0.709. The van der Waals surface area contributed by atoms with Crippen LogP contribution in [0.3, 0.4) is 0 Å². The first kappa shape index (κ1) is 17.9. The average molecular weight is 424 g/mol. The summed E-state index contributed by atoms with van der Waals surface area (Å²) in [5.41, 5.74) is 0.393. The van der Waals surface area contributed by atoms with E-state index in [2.05, 4.69) is 25.7 Å². The van der Waals surface area contributed by atoms with Gasteiger partial charge in [0.2, 0.25) is 5.13 Å². The molecule has 27 heavy (non-hydrogen) atoms. The second-order valence-corrected chi connectivity index (χ2v) is 7.49. The number of nitrogens with one attached hydrogen (secondary N) is 1.